The lowest BCUT2D eigenvalue weighted by molar-refractivity contribution is -0.149. The van der Waals surface area contributed by atoms with Crippen LogP contribution >= 0.6 is 0 Å². The summed E-state index contributed by atoms with van der Waals surface area (Å²) in [6.45, 7) is 5.30. The first-order chi connectivity index (χ1) is 15.1. The third-order valence-electron chi connectivity index (χ3n) is 5.69. The van der Waals surface area contributed by atoms with Crippen LogP contribution in [0.3, 0.4) is 0 Å². The normalized spacial score (nSPS) is 14.5. The van der Waals surface area contributed by atoms with Crippen molar-refractivity contribution in [2.45, 2.75) is 26.7 Å². The molecule has 2 aromatic carbocycles. The van der Waals surface area contributed by atoms with Gasteiger partial charge in [-0.05, 0) is 38.8 Å². The lowest BCUT2D eigenvalue weighted by Crippen LogP contribution is -2.40. The molecule has 2 heterocycles. The molecule has 3 aromatic rings. The Bertz CT molecular complexity index is 1050. The number of piperidine rings is 1. The summed E-state index contributed by atoms with van der Waals surface area (Å²) in [6, 6.07) is 17.8. The molecule has 1 aromatic heterocycles. The third-order valence-corrected chi connectivity index (χ3v) is 5.69. The van der Waals surface area contributed by atoms with E-state index in [1.165, 1.54) is 0 Å². The van der Waals surface area contributed by atoms with Crippen LogP contribution in [0.2, 0.25) is 0 Å². The molecule has 4 rings (SSSR count). The first-order valence-electron chi connectivity index (χ1n) is 10.7. The number of benzene rings is 2. The maximum absolute atomic E-state index is 13.5. The van der Waals surface area contributed by atoms with Crippen LogP contribution in [0, 0.1) is 12.8 Å². The number of nitrogens with zero attached hydrogens (tertiary/aromatic N) is 3. The molecule has 1 saturated heterocycles. The molecule has 0 N–H and O–H groups in total. The second-order valence-corrected chi connectivity index (χ2v) is 7.86. The molecule has 1 amide bonds. The number of amides is 1. The van der Waals surface area contributed by atoms with Crippen molar-refractivity contribution in [3.05, 3.63) is 71.9 Å². The zero-order chi connectivity index (χ0) is 21.8. The van der Waals surface area contributed by atoms with Gasteiger partial charge in [-0.25, -0.2) is 4.68 Å². The van der Waals surface area contributed by atoms with Gasteiger partial charge < -0.3 is 9.64 Å². The number of para-hydroxylation sites is 1. The zero-order valence-corrected chi connectivity index (χ0v) is 18.0. The summed E-state index contributed by atoms with van der Waals surface area (Å²) in [6.07, 6.45) is 3.05. The molecule has 0 unspecified atom stereocenters. The van der Waals surface area contributed by atoms with Crippen LogP contribution in [0.15, 0.2) is 60.8 Å². The molecule has 0 spiro atoms. The Kier molecular flexibility index (Phi) is 6.16. The molecule has 0 aliphatic carbocycles. The second-order valence-electron chi connectivity index (χ2n) is 7.86. The van der Waals surface area contributed by atoms with E-state index in [4.69, 9.17) is 9.84 Å². The van der Waals surface area contributed by atoms with Crippen molar-refractivity contribution in [2.24, 2.45) is 5.92 Å². The predicted octanol–water partition coefficient (Wildman–Crippen LogP) is 4.26. The third kappa shape index (κ3) is 4.53. The molecule has 0 saturated carbocycles. The van der Waals surface area contributed by atoms with Gasteiger partial charge in [0.25, 0.3) is 5.91 Å². The topological polar surface area (TPSA) is 64.4 Å². The number of carbonyl (C=O) groups excluding carboxylic acids is 2. The highest BCUT2D eigenvalue weighted by molar-refractivity contribution is 6.00. The van der Waals surface area contributed by atoms with Crippen LogP contribution in [0.25, 0.3) is 16.9 Å². The van der Waals surface area contributed by atoms with Crippen molar-refractivity contribution in [1.29, 1.82) is 0 Å². The summed E-state index contributed by atoms with van der Waals surface area (Å²) in [5.74, 6) is -0.348. The fourth-order valence-corrected chi connectivity index (χ4v) is 3.92. The first-order valence-corrected chi connectivity index (χ1v) is 10.7. The van der Waals surface area contributed by atoms with Crippen molar-refractivity contribution in [2.75, 3.05) is 19.7 Å². The fraction of sp³-hybridized carbons (Fsp3) is 0.320. The minimum atomic E-state index is -0.160. The number of aryl methyl sites for hydroxylation is 1. The number of esters is 1. The van der Waals surface area contributed by atoms with E-state index in [0.29, 0.717) is 43.8 Å². The summed E-state index contributed by atoms with van der Waals surface area (Å²) in [5, 5.41) is 4.76. The zero-order valence-electron chi connectivity index (χ0n) is 18.0. The molecule has 160 valence electrons. The minimum absolute atomic E-state index is 0.0555. The van der Waals surface area contributed by atoms with E-state index in [2.05, 4.69) is 0 Å². The molecule has 0 radical (unpaired) electrons. The molecule has 6 heteroatoms. The Morgan fingerprint density at radius 1 is 1.03 bits per heavy atom. The van der Waals surface area contributed by atoms with Crippen molar-refractivity contribution >= 4 is 11.9 Å². The quantitative estimate of drug-likeness (QED) is 0.582. The van der Waals surface area contributed by atoms with Crippen LogP contribution in [-0.2, 0) is 9.53 Å². The van der Waals surface area contributed by atoms with Crippen molar-refractivity contribution in [3.63, 3.8) is 0 Å². The van der Waals surface area contributed by atoms with E-state index in [9.17, 15) is 9.59 Å². The van der Waals surface area contributed by atoms with Crippen molar-refractivity contribution in [1.82, 2.24) is 14.7 Å². The van der Waals surface area contributed by atoms with Gasteiger partial charge in [-0.3, -0.25) is 9.59 Å². The average Bonchev–Trinajstić information content (AvgIpc) is 3.25. The molecule has 0 atom stereocenters. The average molecular weight is 418 g/mol. The molecule has 1 aliphatic heterocycles. The van der Waals surface area contributed by atoms with Gasteiger partial charge in [0.15, 0.2) is 0 Å². The number of ether oxygens (including phenoxy) is 1. The summed E-state index contributed by atoms with van der Waals surface area (Å²) >= 11 is 0. The number of aromatic nitrogens is 2. The SMILES string of the molecule is CCOC(=O)C1CCN(C(=O)c2cn(-c3ccccc3)nc2-c2ccc(C)cc2)CC1. The van der Waals surface area contributed by atoms with Gasteiger partial charge in [0.05, 0.1) is 23.8 Å². The number of likely N-dealkylation sites (tertiary alicyclic amines) is 1. The molecule has 6 nitrogen and oxygen atoms in total. The summed E-state index contributed by atoms with van der Waals surface area (Å²) < 4.78 is 6.90. The van der Waals surface area contributed by atoms with Gasteiger partial charge in [0, 0.05) is 24.8 Å². The molecule has 1 fully saturated rings. The number of rotatable bonds is 5. The second kappa shape index (κ2) is 9.16. The van der Waals surface area contributed by atoms with Crippen LogP contribution in [-0.4, -0.2) is 46.3 Å². The number of hydrogen-bond donors (Lipinski definition) is 0. The number of hydrogen-bond acceptors (Lipinski definition) is 4. The smallest absolute Gasteiger partial charge is 0.309 e. The van der Waals surface area contributed by atoms with E-state index < -0.39 is 0 Å². The summed E-state index contributed by atoms with van der Waals surface area (Å²) in [7, 11) is 0. The predicted molar refractivity (Wildman–Crippen MR) is 119 cm³/mol. The molecular weight excluding hydrogens is 390 g/mol. The van der Waals surface area contributed by atoms with Crippen LogP contribution in [0.4, 0.5) is 0 Å². The van der Waals surface area contributed by atoms with Gasteiger partial charge in [-0.1, -0.05) is 48.0 Å². The lowest BCUT2D eigenvalue weighted by Gasteiger charge is -2.30. The Morgan fingerprint density at radius 3 is 2.35 bits per heavy atom. The van der Waals surface area contributed by atoms with E-state index in [-0.39, 0.29) is 17.8 Å². The van der Waals surface area contributed by atoms with Gasteiger partial charge in [-0.15, -0.1) is 0 Å². The van der Waals surface area contributed by atoms with Crippen molar-refractivity contribution in [3.8, 4) is 16.9 Å². The Labute approximate surface area is 182 Å². The minimum Gasteiger partial charge on any atom is -0.466 e. The lowest BCUT2D eigenvalue weighted by atomic mass is 9.96. The highest BCUT2D eigenvalue weighted by Crippen LogP contribution is 2.27. The van der Waals surface area contributed by atoms with Gasteiger partial charge in [0.1, 0.15) is 5.69 Å². The molecule has 0 bridgehead atoms. The largest absolute Gasteiger partial charge is 0.466 e. The van der Waals surface area contributed by atoms with Crippen LogP contribution in [0.5, 0.6) is 0 Å². The Balaban J connectivity index is 1.62. The maximum atomic E-state index is 13.5. The van der Waals surface area contributed by atoms with E-state index >= 15 is 0 Å². The first kappa shape index (κ1) is 20.8. The van der Waals surface area contributed by atoms with E-state index in [1.54, 1.807) is 4.68 Å². The standard InChI is InChI=1S/C25H27N3O3/c1-3-31-25(30)20-13-15-27(16-14-20)24(29)22-17-28(21-7-5-4-6-8-21)26-23(22)19-11-9-18(2)10-12-19/h4-12,17,20H,3,13-16H2,1-2H3. The fourth-order valence-electron chi connectivity index (χ4n) is 3.92. The Hall–Kier alpha value is -3.41. The van der Waals surface area contributed by atoms with Gasteiger partial charge in [-0.2, -0.15) is 5.10 Å². The molecule has 1 aliphatic rings. The maximum Gasteiger partial charge on any atom is 0.309 e. The molecular formula is C25H27N3O3. The van der Waals surface area contributed by atoms with E-state index in [1.807, 2.05) is 79.5 Å². The highest BCUT2D eigenvalue weighted by atomic mass is 16.5. The van der Waals surface area contributed by atoms with Gasteiger partial charge >= 0.3 is 5.97 Å². The van der Waals surface area contributed by atoms with E-state index in [0.717, 1.165) is 16.8 Å². The number of carbonyl (C=O) groups is 2. The van der Waals surface area contributed by atoms with Crippen LogP contribution < -0.4 is 0 Å². The Morgan fingerprint density at radius 2 is 1.71 bits per heavy atom. The highest BCUT2D eigenvalue weighted by Gasteiger charge is 2.30. The van der Waals surface area contributed by atoms with Crippen LogP contribution in [0.1, 0.15) is 35.7 Å². The monoisotopic (exact) mass is 417 g/mol. The summed E-state index contributed by atoms with van der Waals surface area (Å²) in [5.41, 5.74) is 4.20. The summed E-state index contributed by atoms with van der Waals surface area (Å²) in [4.78, 5) is 27.3. The molecule has 31 heavy (non-hydrogen) atoms. The van der Waals surface area contributed by atoms with Crippen molar-refractivity contribution < 1.29 is 14.3 Å². The van der Waals surface area contributed by atoms with Gasteiger partial charge in [0.2, 0.25) is 0 Å².